The molecule has 0 aliphatic rings. The summed E-state index contributed by atoms with van der Waals surface area (Å²) in [6, 6.07) is 3.58. The van der Waals surface area contributed by atoms with Crippen LogP contribution in [0.3, 0.4) is 0 Å². The second-order valence-corrected chi connectivity index (χ2v) is 6.17. The molecule has 0 unspecified atom stereocenters. The van der Waals surface area contributed by atoms with Gasteiger partial charge in [-0.15, -0.1) is 0 Å². The highest BCUT2D eigenvalue weighted by Crippen LogP contribution is 2.13. The van der Waals surface area contributed by atoms with Gasteiger partial charge in [0.25, 0.3) is 5.91 Å². The maximum Gasteiger partial charge on any atom is 0.272 e. The minimum atomic E-state index is -0.258. The van der Waals surface area contributed by atoms with E-state index < -0.39 is 0 Å². The van der Waals surface area contributed by atoms with Crippen molar-refractivity contribution in [2.45, 2.75) is 46.2 Å². The molecule has 0 fully saturated rings. The Balaban J connectivity index is 1.60. The number of aromatic amines is 1. The van der Waals surface area contributed by atoms with E-state index in [1.807, 2.05) is 23.8 Å². The first-order valence-electron chi connectivity index (χ1n) is 8.34. The van der Waals surface area contributed by atoms with Crippen LogP contribution in [0.1, 0.15) is 60.2 Å². The largest absolute Gasteiger partial charge is 0.359 e. The molecule has 25 heavy (non-hydrogen) atoms. The van der Waals surface area contributed by atoms with Gasteiger partial charge < -0.3 is 14.4 Å². The van der Waals surface area contributed by atoms with Crippen molar-refractivity contribution in [1.82, 2.24) is 30.2 Å². The third-order valence-electron chi connectivity index (χ3n) is 3.86. The topological polar surface area (TPSA) is 102 Å². The van der Waals surface area contributed by atoms with Gasteiger partial charge in [0.05, 0.1) is 24.5 Å². The van der Waals surface area contributed by atoms with Crippen molar-refractivity contribution < 1.29 is 9.32 Å². The Morgan fingerprint density at radius 3 is 2.96 bits per heavy atom. The molecule has 2 N–H and O–H groups in total. The molecule has 1 amide bonds. The van der Waals surface area contributed by atoms with E-state index in [1.165, 1.54) is 0 Å². The third kappa shape index (κ3) is 3.96. The van der Waals surface area contributed by atoms with E-state index in [-0.39, 0.29) is 12.5 Å². The second kappa shape index (κ2) is 7.33. The molecular weight excluding hydrogens is 320 g/mol. The number of nitrogens with zero attached hydrogens (tertiary/aromatic N) is 4. The standard InChI is InChI=1S/C17H22N6O2/c1-4-12-7-14(25-22-12)9-19-17(24)15-8-13(20-21-15)10-23-6-5-18-16(23)11(2)3/h5-8,11H,4,9-10H2,1-3H3,(H,19,24)(H,20,21). The average Bonchev–Trinajstić information content (AvgIpc) is 3.33. The smallest absolute Gasteiger partial charge is 0.272 e. The zero-order valence-electron chi connectivity index (χ0n) is 14.6. The van der Waals surface area contributed by atoms with E-state index in [0.717, 1.165) is 23.6 Å². The number of aryl methyl sites for hydroxylation is 1. The molecule has 3 heterocycles. The van der Waals surface area contributed by atoms with E-state index >= 15 is 0 Å². The van der Waals surface area contributed by atoms with Crippen LogP contribution >= 0.6 is 0 Å². The normalized spacial score (nSPS) is 11.2. The van der Waals surface area contributed by atoms with Crippen molar-refractivity contribution >= 4 is 5.91 Å². The van der Waals surface area contributed by atoms with E-state index in [4.69, 9.17) is 4.52 Å². The first-order valence-corrected chi connectivity index (χ1v) is 8.34. The Bertz CT molecular complexity index is 845. The molecule has 3 aromatic heterocycles. The molecule has 3 rings (SSSR count). The Kier molecular flexibility index (Phi) is 4.97. The highest BCUT2D eigenvalue weighted by atomic mass is 16.5. The number of H-pyrrole nitrogens is 1. The van der Waals surface area contributed by atoms with Crippen LogP contribution in [0.5, 0.6) is 0 Å². The summed E-state index contributed by atoms with van der Waals surface area (Å²) in [4.78, 5) is 16.6. The predicted molar refractivity (Wildman–Crippen MR) is 91.1 cm³/mol. The van der Waals surface area contributed by atoms with Crippen LogP contribution in [0.15, 0.2) is 29.0 Å². The lowest BCUT2D eigenvalue weighted by atomic mass is 10.2. The molecule has 0 bridgehead atoms. The first kappa shape index (κ1) is 16.9. The van der Waals surface area contributed by atoms with Crippen molar-refractivity contribution in [3.8, 4) is 0 Å². The molecule has 0 saturated carbocycles. The number of carbonyl (C=O) groups is 1. The minimum Gasteiger partial charge on any atom is -0.359 e. The number of nitrogens with one attached hydrogen (secondary N) is 2. The van der Waals surface area contributed by atoms with Gasteiger partial charge in [-0.25, -0.2) is 4.98 Å². The summed E-state index contributed by atoms with van der Waals surface area (Å²) in [5.41, 5.74) is 2.06. The Labute approximate surface area is 145 Å². The maximum absolute atomic E-state index is 12.2. The van der Waals surface area contributed by atoms with Gasteiger partial charge in [0.15, 0.2) is 5.76 Å². The lowest BCUT2D eigenvalue weighted by Crippen LogP contribution is -2.22. The fourth-order valence-electron chi connectivity index (χ4n) is 2.56. The quantitative estimate of drug-likeness (QED) is 0.686. The van der Waals surface area contributed by atoms with Gasteiger partial charge in [-0.2, -0.15) is 5.10 Å². The minimum absolute atomic E-state index is 0.258. The fraction of sp³-hybridized carbons (Fsp3) is 0.412. The molecule has 132 valence electrons. The Morgan fingerprint density at radius 2 is 2.24 bits per heavy atom. The maximum atomic E-state index is 12.2. The lowest BCUT2D eigenvalue weighted by molar-refractivity contribution is 0.0942. The van der Waals surface area contributed by atoms with E-state index in [9.17, 15) is 4.79 Å². The summed E-state index contributed by atoms with van der Waals surface area (Å²) in [6.07, 6.45) is 4.50. The van der Waals surface area contributed by atoms with Crippen LogP contribution in [-0.4, -0.2) is 30.8 Å². The molecule has 0 saturated heterocycles. The summed E-state index contributed by atoms with van der Waals surface area (Å²) in [5, 5.41) is 13.7. The van der Waals surface area contributed by atoms with Crippen molar-refractivity contribution in [3.05, 3.63) is 53.2 Å². The Hall–Kier alpha value is -2.90. The second-order valence-electron chi connectivity index (χ2n) is 6.17. The van der Waals surface area contributed by atoms with Gasteiger partial charge in [0.1, 0.15) is 11.5 Å². The summed E-state index contributed by atoms with van der Waals surface area (Å²) in [6.45, 7) is 7.06. The van der Waals surface area contributed by atoms with Crippen molar-refractivity contribution in [2.75, 3.05) is 0 Å². The molecule has 0 radical (unpaired) electrons. The third-order valence-corrected chi connectivity index (χ3v) is 3.86. The number of aromatic nitrogens is 5. The van der Waals surface area contributed by atoms with Crippen LogP contribution in [0.2, 0.25) is 0 Å². The molecule has 0 aliphatic carbocycles. The van der Waals surface area contributed by atoms with Crippen LogP contribution < -0.4 is 5.32 Å². The fourth-order valence-corrected chi connectivity index (χ4v) is 2.56. The van der Waals surface area contributed by atoms with Gasteiger partial charge in [-0.1, -0.05) is 25.9 Å². The van der Waals surface area contributed by atoms with Gasteiger partial charge in [0, 0.05) is 24.4 Å². The summed E-state index contributed by atoms with van der Waals surface area (Å²) in [7, 11) is 0. The van der Waals surface area contributed by atoms with E-state index in [0.29, 0.717) is 23.9 Å². The van der Waals surface area contributed by atoms with Gasteiger partial charge >= 0.3 is 0 Å². The molecule has 0 atom stereocenters. The van der Waals surface area contributed by atoms with Crippen LogP contribution in [0.4, 0.5) is 0 Å². The summed E-state index contributed by atoms with van der Waals surface area (Å²) in [5.74, 6) is 1.70. The average molecular weight is 342 g/mol. The van der Waals surface area contributed by atoms with E-state index in [1.54, 1.807) is 12.3 Å². The molecule has 8 heteroatoms. The number of hydrogen-bond acceptors (Lipinski definition) is 5. The predicted octanol–water partition coefficient (Wildman–Crippen LogP) is 2.26. The lowest BCUT2D eigenvalue weighted by Gasteiger charge is -2.08. The number of hydrogen-bond donors (Lipinski definition) is 2. The van der Waals surface area contributed by atoms with Gasteiger partial charge in [0.2, 0.25) is 0 Å². The SMILES string of the molecule is CCc1cc(CNC(=O)c2cc(Cn3ccnc3C(C)C)[nH]n2)on1. The Morgan fingerprint density at radius 1 is 1.40 bits per heavy atom. The van der Waals surface area contributed by atoms with Crippen LogP contribution in [-0.2, 0) is 19.5 Å². The van der Waals surface area contributed by atoms with Gasteiger partial charge in [-0.3, -0.25) is 9.89 Å². The monoisotopic (exact) mass is 342 g/mol. The molecular formula is C17H22N6O2. The zero-order valence-corrected chi connectivity index (χ0v) is 14.6. The molecule has 0 aliphatic heterocycles. The number of rotatable bonds is 7. The highest BCUT2D eigenvalue weighted by molar-refractivity contribution is 5.92. The molecule has 3 aromatic rings. The van der Waals surface area contributed by atoms with Crippen molar-refractivity contribution in [3.63, 3.8) is 0 Å². The van der Waals surface area contributed by atoms with Crippen LogP contribution in [0.25, 0.3) is 0 Å². The van der Waals surface area contributed by atoms with Crippen molar-refractivity contribution in [1.29, 1.82) is 0 Å². The summed E-state index contributed by atoms with van der Waals surface area (Å²) < 4.78 is 7.19. The first-order chi connectivity index (χ1) is 12.1. The van der Waals surface area contributed by atoms with Crippen LogP contribution in [0, 0.1) is 0 Å². The highest BCUT2D eigenvalue weighted by Gasteiger charge is 2.13. The number of carbonyl (C=O) groups excluding carboxylic acids is 1. The number of amides is 1. The molecule has 8 nitrogen and oxygen atoms in total. The van der Waals surface area contributed by atoms with Crippen molar-refractivity contribution in [2.24, 2.45) is 0 Å². The zero-order chi connectivity index (χ0) is 17.8. The summed E-state index contributed by atoms with van der Waals surface area (Å²) >= 11 is 0. The van der Waals surface area contributed by atoms with E-state index in [2.05, 4.69) is 39.5 Å². The van der Waals surface area contributed by atoms with Gasteiger partial charge in [-0.05, 0) is 12.5 Å². The molecule has 0 aromatic carbocycles. The molecule has 0 spiro atoms. The number of imidazole rings is 1.